The Bertz CT molecular complexity index is 434. The Balaban J connectivity index is 2.46. The molecule has 1 aromatic carbocycles. The Hall–Kier alpha value is -1.59. The lowest BCUT2D eigenvalue weighted by molar-refractivity contribution is -0.140. The third kappa shape index (κ3) is 7.11. The third-order valence-electron chi connectivity index (χ3n) is 3.02. The highest BCUT2D eigenvalue weighted by atomic mass is 16.5. The van der Waals surface area contributed by atoms with Crippen LogP contribution in [-0.2, 0) is 20.8 Å². The van der Waals surface area contributed by atoms with E-state index in [1.165, 1.54) is 12.7 Å². The van der Waals surface area contributed by atoms with Gasteiger partial charge in [0.25, 0.3) is 0 Å². The number of aryl methyl sites for hydroxylation is 1. The summed E-state index contributed by atoms with van der Waals surface area (Å²) in [5.74, 6) is 0.652. The van der Waals surface area contributed by atoms with Crippen LogP contribution in [0.3, 0.4) is 0 Å². The second-order valence-electron chi connectivity index (χ2n) is 4.81. The van der Waals surface area contributed by atoms with Gasteiger partial charge in [0, 0.05) is 32.2 Å². The van der Waals surface area contributed by atoms with Crippen molar-refractivity contribution in [1.82, 2.24) is 5.32 Å². The van der Waals surface area contributed by atoms with E-state index in [9.17, 15) is 4.79 Å². The molecule has 21 heavy (non-hydrogen) atoms. The molecule has 0 unspecified atom stereocenters. The molecule has 0 aliphatic heterocycles. The zero-order valence-corrected chi connectivity index (χ0v) is 13.1. The zero-order chi connectivity index (χ0) is 15.5. The van der Waals surface area contributed by atoms with Crippen molar-refractivity contribution in [1.29, 1.82) is 0 Å². The van der Waals surface area contributed by atoms with E-state index in [0.717, 1.165) is 24.4 Å². The highest BCUT2D eigenvalue weighted by molar-refractivity contribution is 5.69. The van der Waals surface area contributed by atoms with Gasteiger partial charge >= 0.3 is 5.97 Å². The van der Waals surface area contributed by atoms with E-state index >= 15 is 0 Å². The molecule has 0 spiro atoms. The SMILES string of the molecule is COCCNCc1cc(C)ccc1OCCCC(=O)OC. The fraction of sp³-hybridized carbons (Fsp3) is 0.562. The Kier molecular flexibility index (Phi) is 8.47. The number of methoxy groups -OCH3 is 2. The fourth-order valence-electron chi connectivity index (χ4n) is 1.89. The standard InChI is InChI=1S/C16H25NO4/c1-13-6-7-15(21-9-4-5-16(18)20-3)14(11-13)12-17-8-10-19-2/h6-7,11,17H,4-5,8-10,12H2,1-3H3. The molecule has 0 heterocycles. The lowest BCUT2D eigenvalue weighted by Gasteiger charge is -2.13. The first-order chi connectivity index (χ1) is 10.2. The van der Waals surface area contributed by atoms with Gasteiger partial charge in [0.2, 0.25) is 0 Å². The topological polar surface area (TPSA) is 56.8 Å². The van der Waals surface area contributed by atoms with Gasteiger partial charge < -0.3 is 19.5 Å². The molecule has 0 aromatic heterocycles. The maximum Gasteiger partial charge on any atom is 0.305 e. The van der Waals surface area contributed by atoms with E-state index in [1.54, 1.807) is 7.11 Å². The van der Waals surface area contributed by atoms with E-state index in [-0.39, 0.29) is 5.97 Å². The highest BCUT2D eigenvalue weighted by Gasteiger charge is 2.05. The van der Waals surface area contributed by atoms with Gasteiger partial charge in [0.1, 0.15) is 5.75 Å². The second kappa shape index (κ2) is 10.2. The van der Waals surface area contributed by atoms with Crippen molar-refractivity contribution in [3.05, 3.63) is 29.3 Å². The van der Waals surface area contributed by atoms with Crippen molar-refractivity contribution in [2.24, 2.45) is 0 Å². The zero-order valence-electron chi connectivity index (χ0n) is 13.1. The lowest BCUT2D eigenvalue weighted by atomic mass is 10.1. The van der Waals surface area contributed by atoms with Crippen molar-refractivity contribution >= 4 is 5.97 Å². The summed E-state index contributed by atoms with van der Waals surface area (Å²) >= 11 is 0. The predicted octanol–water partition coefficient (Wildman–Crippen LogP) is 2.06. The molecule has 118 valence electrons. The number of rotatable bonds is 10. The largest absolute Gasteiger partial charge is 0.493 e. The van der Waals surface area contributed by atoms with Crippen LogP contribution in [0.15, 0.2) is 18.2 Å². The predicted molar refractivity (Wildman–Crippen MR) is 81.5 cm³/mol. The smallest absolute Gasteiger partial charge is 0.305 e. The van der Waals surface area contributed by atoms with Crippen molar-refractivity contribution < 1.29 is 19.0 Å². The number of carbonyl (C=O) groups is 1. The molecule has 0 aliphatic rings. The molecule has 0 amide bonds. The van der Waals surface area contributed by atoms with Crippen LogP contribution in [0.4, 0.5) is 0 Å². The lowest BCUT2D eigenvalue weighted by Crippen LogP contribution is -2.19. The van der Waals surface area contributed by atoms with Gasteiger partial charge in [-0.3, -0.25) is 4.79 Å². The normalized spacial score (nSPS) is 10.4. The third-order valence-corrected chi connectivity index (χ3v) is 3.02. The average Bonchev–Trinajstić information content (AvgIpc) is 2.49. The first-order valence-corrected chi connectivity index (χ1v) is 7.16. The van der Waals surface area contributed by atoms with Crippen molar-refractivity contribution in [3.8, 4) is 5.75 Å². The molecule has 0 saturated heterocycles. The van der Waals surface area contributed by atoms with Gasteiger partial charge in [-0.15, -0.1) is 0 Å². The van der Waals surface area contributed by atoms with Crippen LogP contribution in [0.1, 0.15) is 24.0 Å². The van der Waals surface area contributed by atoms with Gasteiger partial charge in [-0.05, 0) is 19.4 Å². The van der Waals surface area contributed by atoms with E-state index in [2.05, 4.69) is 23.0 Å². The van der Waals surface area contributed by atoms with Crippen molar-refractivity contribution in [2.75, 3.05) is 34.0 Å². The summed E-state index contributed by atoms with van der Waals surface area (Å²) in [6, 6.07) is 6.10. The highest BCUT2D eigenvalue weighted by Crippen LogP contribution is 2.20. The fourth-order valence-corrected chi connectivity index (χ4v) is 1.89. The number of esters is 1. The first-order valence-electron chi connectivity index (χ1n) is 7.16. The minimum Gasteiger partial charge on any atom is -0.493 e. The summed E-state index contributed by atoms with van der Waals surface area (Å²) < 4.78 is 15.4. The number of ether oxygens (including phenoxy) is 3. The van der Waals surface area contributed by atoms with Crippen LogP contribution in [0.25, 0.3) is 0 Å². The number of carbonyl (C=O) groups excluding carboxylic acids is 1. The molecule has 0 aliphatic carbocycles. The van der Waals surface area contributed by atoms with Crippen LogP contribution < -0.4 is 10.1 Å². The summed E-state index contributed by atoms with van der Waals surface area (Å²) in [5.41, 5.74) is 2.31. The van der Waals surface area contributed by atoms with E-state index in [0.29, 0.717) is 26.1 Å². The number of benzene rings is 1. The van der Waals surface area contributed by atoms with E-state index in [4.69, 9.17) is 9.47 Å². The van der Waals surface area contributed by atoms with Gasteiger partial charge in [0.15, 0.2) is 0 Å². The maximum atomic E-state index is 11.0. The summed E-state index contributed by atoms with van der Waals surface area (Å²) in [4.78, 5) is 11.0. The summed E-state index contributed by atoms with van der Waals surface area (Å²) in [7, 11) is 3.08. The molecule has 5 nitrogen and oxygen atoms in total. The minimum atomic E-state index is -0.205. The molecule has 0 fully saturated rings. The van der Waals surface area contributed by atoms with E-state index in [1.807, 2.05) is 12.1 Å². The summed E-state index contributed by atoms with van der Waals surface area (Å²) in [6.07, 6.45) is 1.03. The summed E-state index contributed by atoms with van der Waals surface area (Å²) in [5, 5.41) is 3.31. The Labute approximate surface area is 126 Å². The average molecular weight is 295 g/mol. The van der Waals surface area contributed by atoms with Crippen LogP contribution in [-0.4, -0.2) is 39.9 Å². The van der Waals surface area contributed by atoms with Gasteiger partial charge in [-0.2, -0.15) is 0 Å². The first kappa shape index (κ1) is 17.5. The van der Waals surface area contributed by atoms with Crippen LogP contribution in [0.5, 0.6) is 5.75 Å². The quantitative estimate of drug-likeness (QED) is 0.529. The molecular formula is C16H25NO4. The molecule has 1 rings (SSSR count). The van der Waals surface area contributed by atoms with Crippen molar-refractivity contribution in [2.45, 2.75) is 26.3 Å². The minimum absolute atomic E-state index is 0.205. The molecule has 1 N–H and O–H groups in total. The molecule has 1 aromatic rings. The van der Waals surface area contributed by atoms with Crippen LogP contribution in [0, 0.1) is 6.92 Å². The van der Waals surface area contributed by atoms with Gasteiger partial charge in [0.05, 0.1) is 20.3 Å². The number of nitrogens with one attached hydrogen (secondary N) is 1. The Morgan fingerprint density at radius 2 is 2.05 bits per heavy atom. The van der Waals surface area contributed by atoms with Crippen LogP contribution >= 0.6 is 0 Å². The molecule has 5 heteroatoms. The van der Waals surface area contributed by atoms with Crippen LogP contribution in [0.2, 0.25) is 0 Å². The maximum absolute atomic E-state index is 11.0. The summed E-state index contributed by atoms with van der Waals surface area (Å²) in [6.45, 7) is 4.77. The van der Waals surface area contributed by atoms with E-state index < -0.39 is 0 Å². The Morgan fingerprint density at radius 1 is 1.24 bits per heavy atom. The van der Waals surface area contributed by atoms with Gasteiger partial charge in [-0.1, -0.05) is 17.7 Å². The molecule has 0 saturated carbocycles. The molecular weight excluding hydrogens is 270 g/mol. The van der Waals surface area contributed by atoms with Gasteiger partial charge in [-0.25, -0.2) is 0 Å². The molecule has 0 radical (unpaired) electrons. The Morgan fingerprint density at radius 3 is 2.76 bits per heavy atom. The second-order valence-corrected chi connectivity index (χ2v) is 4.81. The molecule has 0 bridgehead atoms. The number of hydrogen-bond donors (Lipinski definition) is 1. The monoisotopic (exact) mass is 295 g/mol. The molecule has 0 atom stereocenters. The van der Waals surface area contributed by atoms with Crippen molar-refractivity contribution in [3.63, 3.8) is 0 Å². The number of hydrogen-bond acceptors (Lipinski definition) is 5.